The molecular weight excluding hydrogens is 514 g/mol. The average Bonchev–Trinajstić information content (AvgIpc) is 3.53. The lowest BCUT2D eigenvalue weighted by atomic mass is 10.1. The van der Waals surface area contributed by atoms with E-state index in [2.05, 4.69) is 14.7 Å². The Kier molecular flexibility index (Phi) is 7.86. The lowest BCUT2D eigenvalue weighted by Crippen LogP contribution is -2.13. The van der Waals surface area contributed by atoms with E-state index >= 15 is 0 Å². The van der Waals surface area contributed by atoms with E-state index in [-0.39, 0.29) is 21.6 Å². The standard InChI is InChI=1S/C25H23N5O5S2/c1-3-37(32,33)25-28-24(36-29-25)27-23(31)17(15-26)14-18-16-30(20-9-5-4-8-19(18)20)12-13-35-22-11-7-6-10-21(22)34-2/h4-11,14,16H,3,12-13H2,1-2H3,(H,27,28,29,31)/b17-14-. The number of carbonyl (C=O) groups is 1. The normalized spacial score (nSPS) is 11.8. The van der Waals surface area contributed by atoms with Crippen molar-refractivity contribution in [2.75, 3.05) is 24.8 Å². The number of nitriles is 1. The van der Waals surface area contributed by atoms with Crippen molar-refractivity contribution in [3.63, 3.8) is 0 Å². The topological polar surface area (TPSA) is 136 Å². The zero-order valence-electron chi connectivity index (χ0n) is 20.0. The highest BCUT2D eigenvalue weighted by Gasteiger charge is 2.20. The van der Waals surface area contributed by atoms with Gasteiger partial charge in [0.05, 0.1) is 19.4 Å². The lowest BCUT2D eigenvalue weighted by molar-refractivity contribution is -0.112. The highest BCUT2D eigenvalue weighted by Crippen LogP contribution is 2.27. The van der Waals surface area contributed by atoms with Crippen LogP contribution in [0.2, 0.25) is 0 Å². The van der Waals surface area contributed by atoms with Crippen LogP contribution in [0.25, 0.3) is 17.0 Å². The van der Waals surface area contributed by atoms with Crippen LogP contribution in [0.15, 0.2) is 65.5 Å². The number of hydrogen-bond acceptors (Lipinski definition) is 9. The molecule has 0 saturated heterocycles. The summed E-state index contributed by atoms with van der Waals surface area (Å²) in [5.74, 6) is 0.407. The van der Waals surface area contributed by atoms with Crippen LogP contribution < -0.4 is 14.8 Å². The highest BCUT2D eigenvalue weighted by atomic mass is 32.2. The second-order valence-corrected chi connectivity index (χ2v) is 10.6. The zero-order valence-corrected chi connectivity index (χ0v) is 21.7. The van der Waals surface area contributed by atoms with Crippen LogP contribution in [-0.4, -0.2) is 47.7 Å². The Hall–Kier alpha value is -4.21. The lowest BCUT2D eigenvalue weighted by Gasteiger charge is -2.11. The number of amides is 1. The van der Waals surface area contributed by atoms with Crippen LogP contribution in [0, 0.1) is 11.3 Å². The van der Waals surface area contributed by atoms with Crippen LogP contribution in [-0.2, 0) is 21.2 Å². The molecule has 4 rings (SSSR count). The number of anilines is 1. The smallest absolute Gasteiger partial charge is 0.268 e. The van der Waals surface area contributed by atoms with E-state index in [0.29, 0.717) is 30.2 Å². The average molecular weight is 538 g/mol. The second-order valence-electron chi connectivity index (χ2n) is 7.70. The first-order chi connectivity index (χ1) is 17.9. The van der Waals surface area contributed by atoms with Gasteiger partial charge < -0.3 is 14.0 Å². The molecule has 2 heterocycles. The van der Waals surface area contributed by atoms with E-state index in [4.69, 9.17) is 9.47 Å². The molecule has 0 aliphatic rings. The van der Waals surface area contributed by atoms with Crippen LogP contribution >= 0.6 is 11.5 Å². The number of hydrogen-bond donors (Lipinski definition) is 1. The molecule has 0 bridgehead atoms. The molecule has 0 spiro atoms. The molecule has 2 aromatic carbocycles. The number of methoxy groups -OCH3 is 1. The van der Waals surface area contributed by atoms with Gasteiger partial charge in [0.1, 0.15) is 18.2 Å². The van der Waals surface area contributed by atoms with Crippen molar-refractivity contribution in [3.05, 3.63) is 65.9 Å². The molecule has 0 unspecified atom stereocenters. The third kappa shape index (κ3) is 5.79. The fraction of sp³-hybridized carbons (Fsp3) is 0.200. The molecule has 190 valence electrons. The van der Waals surface area contributed by atoms with Gasteiger partial charge in [-0.15, -0.1) is 0 Å². The van der Waals surface area contributed by atoms with Crippen molar-refractivity contribution in [2.45, 2.75) is 18.6 Å². The summed E-state index contributed by atoms with van der Waals surface area (Å²) in [6.45, 7) is 2.36. The van der Waals surface area contributed by atoms with Gasteiger partial charge in [0, 0.05) is 34.2 Å². The number of nitrogens with one attached hydrogen (secondary N) is 1. The number of fused-ring (bicyclic) bond motifs is 1. The molecule has 0 atom stereocenters. The van der Waals surface area contributed by atoms with Gasteiger partial charge in [-0.25, -0.2) is 8.42 Å². The summed E-state index contributed by atoms with van der Waals surface area (Å²) in [6, 6.07) is 16.9. The SMILES string of the molecule is CCS(=O)(=O)c1nsc(NC(=O)/C(C#N)=C\c2cn(CCOc3ccccc3OC)c3ccccc23)n1. The first-order valence-electron chi connectivity index (χ1n) is 11.2. The van der Waals surface area contributed by atoms with E-state index in [0.717, 1.165) is 22.4 Å². The maximum absolute atomic E-state index is 12.8. The number of sulfone groups is 1. The summed E-state index contributed by atoms with van der Waals surface area (Å²) in [7, 11) is -2.02. The van der Waals surface area contributed by atoms with E-state index in [1.807, 2.05) is 65.4 Å². The predicted octanol–water partition coefficient (Wildman–Crippen LogP) is 3.92. The maximum Gasteiger partial charge on any atom is 0.268 e. The molecule has 0 aliphatic heterocycles. The Morgan fingerprint density at radius 3 is 2.65 bits per heavy atom. The minimum absolute atomic E-state index is 0.00547. The van der Waals surface area contributed by atoms with Crippen molar-refractivity contribution in [1.29, 1.82) is 5.26 Å². The number of ether oxygens (including phenoxy) is 2. The van der Waals surface area contributed by atoms with Crippen molar-refractivity contribution >= 4 is 49.4 Å². The predicted molar refractivity (Wildman–Crippen MR) is 140 cm³/mol. The summed E-state index contributed by atoms with van der Waals surface area (Å²) in [5, 5.41) is 12.6. The van der Waals surface area contributed by atoms with Crippen LogP contribution in [0.4, 0.5) is 5.13 Å². The minimum atomic E-state index is -3.60. The van der Waals surface area contributed by atoms with Gasteiger partial charge in [-0.1, -0.05) is 37.3 Å². The van der Waals surface area contributed by atoms with Crippen molar-refractivity contribution < 1.29 is 22.7 Å². The first-order valence-corrected chi connectivity index (χ1v) is 13.6. The van der Waals surface area contributed by atoms with Crippen molar-refractivity contribution in [2.24, 2.45) is 0 Å². The minimum Gasteiger partial charge on any atom is -0.493 e. The molecule has 0 radical (unpaired) electrons. The molecule has 12 heteroatoms. The Balaban J connectivity index is 1.54. The van der Waals surface area contributed by atoms with Crippen LogP contribution in [0.3, 0.4) is 0 Å². The third-order valence-electron chi connectivity index (χ3n) is 5.43. The number of nitrogens with zero attached hydrogens (tertiary/aromatic N) is 4. The Morgan fingerprint density at radius 2 is 1.92 bits per heavy atom. The van der Waals surface area contributed by atoms with Gasteiger partial charge in [-0.2, -0.15) is 14.6 Å². The van der Waals surface area contributed by atoms with E-state index in [1.165, 1.54) is 13.0 Å². The molecule has 4 aromatic rings. The quantitative estimate of drug-likeness (QED) is 0.237. The van der Waals surface area contributed by atoms with Gasteiger partial charge in [0.15, 0.2) is 11.5 Å². The molecule has 1 N–H and O–H groups in total. The van der Waals surface area contributed by atoms with Gasteiger partial charge >= 0.3 is 0 Å². The number of aromatic nitrogens is 3. The number of benzene rings is 2. The van der Waals surface area contributed by atoms with Gasteiger partial charge in [0.2, 0.25) is 15.0 Å². The van der Waals surface area contributed by atoms with Crippen LogP contribution in [0.5, 0.6) is 11.5 Å². The van der Waals surface area contributed by atoms with Crippen molar-refractivity contribution in [3.8, 4) is 17.6 Å². The molecule has 1 amide bonds. The Labute approximate surface area is 217 Å². The van der Waals surface area contributed by atoms with E-state index in [1.54, 1.807) is 7.11 Å². The highest BCUT2D eigenvalue weighted by molar-refractivity contribution is 7.91. The zero-order chi connectivity index (χ0) is 26.4. The summed E-state index contributed by atoms with van der Waals surface area (Å²) in [4.78, 5) is 16.6. The molecule has 0 fully saturated rings. The summed E-state index contributed by atoms with van der Waals surface area (Å²) < 4.78 is 40.9. The largest absolute Gasteiger partial charge is 0.493 e. The molecule has 2 aromatic heterocycles. The van der Waals surface area contributed by atoms with Gasteiger partial charge in [-0.05, 0) is 24.3 Å². The number of rotatable bonds is 10. The van der Waals surface area contributed by atoms with E-state index < -0.39 is 15.7 Å². The molecule has 0 saturated carbocycles. The molecular formula is C25H23N5O5S2. The molecule has 0 aliphatic carbocycles. The van der Waals surface area contributed by atoms with Crippen molar-refractivity contribution in [1.82, 2.24) is 13.9 Å². The second kappa shape index (κ2) is 11.2. The first kappa shape index (κ1) is 25.9. The van der Waals surface area contributed by atoms with Gasteiger partial charge in [0.25, 0.3) is 11.1 Å². The Morgan fingerprint density at radius 1 is 1.19 bits per heavy atom. The Bertz CT molecular complexity index is 1620. The number of carbonyl (C=O) groups excluding carboxylic acids is 1. The molecule has 10 nitrogen and oxygen atoms in total. The molecule has 37 heavy (non-hydrogen) atoms. The summed E-state index contributed by atoms with van der Waals surface area (Å²) in [6.07, 6.45) is 3.33. The summed E-state index contributed by atoms with van der Waals surface area (Å²) >= 11 is 0.735. The maximum atomic E-state index is 12.8. The van der Waals surface area contributed by atoms with Gasteiger partial charge in [-0.3, -0.25) is 10.1 Å². The monoisotopic (exact) mass is 537 g/mol. The fourth-order valence-electron chi connectivity index (χ4n) is 3.55. The summed E-state index contributed by atoms with van der Waals surface area (Å²) in [5.41, 5.74) is 1.42. The third-order valence-corrected chi connectivity index (χ3v) is 7.67. The van der Waals surface area contributed by atoms with Crippen LogP contribution in [0.1, 0.15) is 12.5 Å². The number of para-hydroxylation sites is 3. The van der Waals surface area contributed by atoms with E-state index in [9.17, 15) is 18.5 Å². The fourth-order valence-corrected chi connectivity index (χ4v) is 5.14.